The van der Waals surface area contributed by atoms with Crippen LogP contribution < -0.4 is 0 Å². The highest BCUT2D eigenvalue weighted by Gasteiger charge is 2.03. The third kappa shape index (κ3) is 7.38. The SMILES string of the molecule is CCCCCCCCc1cc[nH]c1CCCCOO. The Morgan fingerprint density at radius 2 is 1.74 bits per heavy atom. The number of rotatable bonds is 12. The molecule has 1 aromatic heterocycles. The molecule has 1 rings (SSSR count). The Kier molecular flexibility index (Phi) is 9.46. The fourth-order valence-corrected chi connectivity index (χ4v) is 2.47. The zero-order valence-corrected chi connectivity index (χ0v) is 12.3. The van der Waals surface area contributed by atoms with E-state index in [-0.39, 0.29) is 0 Å². The van der Waals surface area contributed by atoms with Crippen LogP contribution >= 0.6 is 0 Å². The lowest BCUT2D eigenvalue weighted by Crippen LogP contribution is -1.96. The number of hydrogen-bond donors (Lipinski definition) is 2. The smallest absolute Gasteiger partial charge is 0.0819 e. The summed E-state index contributed by atoms with van der Waals surface area (Å²) in [5.41, 5.74) is 2.84. The molecule has 0 aromatic carbocycles. The standard InChI is InChI=1S/C16H29NO2/c1-2-3-4-5-6-7-10-15-12-13-17-16(15)11-8-9-14-19-18/h12-13,17-18H,2-11,14H2,1H3. The van der Waals surface area contributed by atoms with E-state index in [4.69, 9.17) is 5.26 Å². The number of aromatic nitrogens is 1. The van der Waals surface area contributed by atoms with Crippen molar-refractivity contribution in [2.45, 2.75) is 71.1 Å². The average Bonchev–Trinajstić information content (AvgIpc) is 2.86. The lowest BCUT2D eigenvalue weighted by molar-refractivity contribution is -0.242. The van der Waals surface area contributed by atoms with E-state index in [1.165, 1.54) is 56.2 Å². The molecule has 0 aliphatic carbocycles. The maximum atomic E-state index is 8.28. The first-order valence-electron chi connectivity index (χ1n) is 7.80. The number of hydrogen-bond acceptors (Lipinski definition) is 2. The third-order valence-corrected chi connectivity index (χ3v) is 3.64. The van der Waals surface area contributed by atoms with E-state index in [2.05, 4.69) is 22.9 Å². The second-order valence-corrected chi connectivity index (χ2v) is 5.29. The van der Waals surface area contributed by atoms with Crippen LogP contribution in [0.5, 0.6) is 0 Å². The van der Waals surface area contributed by atoms with E-state index in [0.717, 1.165) is 19.3 Å². The molecule has 110 valence electrons. The first-order chi connectivity index (χ1) is 9.38. The van der Waals surface area contributed by atoms with Gasteiger partial charge in [-0.3, -0.25) is 5.26 Å². The Morgan fingerprint density at radius 1 is 1.00 bits per heavy atom. The Bertz CT molecular complexity index is 309. The number of aromatic amines is 1. The van der Waals surface area contributed by atoms with Gasteiger partial charge in [-0.05, 0) is 43.7 Å². The molecule has 0 saturated carbocycles. The summed E-state index contributed by atoms with van der Waals surface area (Å²) in [6.45, 7) is 2.70. The van der Waals surface area contributed by atoms with Crippen molar-refractivity contribution >= 4 is 0 Å². The normalized spacial score (nSPS) is 11.1. The van der Waals surface area contributed by atoms with Gasteiger partial charge < -0.3 is 4.98 Å². The first kappa shape index (κ1) is 16.3. The highest BCUT2D eigenvalue weighted by atomic mass is 17.1. The summed E-state index contributed by atoms with van der Waals surface area (Å²) in [6.07, 6.45) is 14.4. The summed E-state index contributed by atoms with van der Waals surface area (Å²) < 4.78 is 0. The molecule has 0 unspecified atom stereocenters. The van der Waals surface area contributed by atoms with Crippen molar-refractivity contribution in [1.82, 2.24) is 4.98 Å². The van der Waals surface area contributed by atoms with Gasteiger partial charge in [-0.2, -0.15) is 0 Å². The highest BCUT2D eigenvalue weighted by Crippen LogP contribution is 2.15. The maximum Gasteiger partial charge on any atom is 0.0819 e. The Morgan fingerprint density at radius 3 is 2.53 bits per heavy atom. The fourth-order valence-electron chi connectivity index (χ4n) is 2.47. The first-order valence-corrected chi connectivity index (χ1v) is 7.80. The zero-order valence-electron chi connectivity index (χ0n) is 12.3. The van der Waals surface area contributed by atoms with Gasteiger partial charge in [-0.1, -0.05) is 39.0 Å². The van der Waals surface area contributed by atoms with Gasteiger partial charge >= 0.3 is 0 Å². The van der Waals surface area contributed by atoms with Crippen molar-refractivity contribution in [1.29, 1.82) is 0 Å². The molecular formula is C16H29NO2. The van der Waals surface area contributed by atoms with Gasteiger partial charge in [-0.25, -0.2) is 4.89 Å². The molecular weight excluding hydrogens is 238 g/mol. The molecule has 3 heteroatoms. The van der Waals surface area contributed by atoms with Crippen molar-refractivity contribution in [3.05, 3.63) is 23.5 Å². The largest absolute Gasteiger partial charge is 0.365 e. The van der Waals surface area contributed by atoms with E-state index in [9.17, 15) is 0 Å². The summed E-state index contributed by atoms with van der Waals surface area (Å²) in [7, 11) is 0. The quantitative estimate of drug-likeness (QED) is 0.327. The summed E-state index contributed by atoms with van der Waals surface area (Å²) >= 11 is 0. The Balaban J connectivity index is 2.13. The summed E-state index contributed by atoms with van der Waals surface area (Å²) in [6, 6.07) is 2.21. The van der Waals surface area contributed by atoms with Crippen LogP contribution in [0, 0.1) is 0 Å². The van der Waals surface area contributed by atoms with E-state index in [1.54, 1.807) is 0 Å². The van der Waals surface area contributed by atoms with Crippen LogP contribution in [0.3, 0.4) is 0 Å². The number of H-pyrrole nitrogens is 1. The molecule has 19 heavy (non-hydrogen) atoms. The van der Waals surface area contributed by atoms with Gasteiger partial charge in [0.1, 0.15) is 0 Å². The fraction of sp³-hybridized carbons (Fsp3) is 0.750. The topological polar surface area (TPSA) is 45.2 Å². The minimum atomic E-state index is 0.438. The van der Waals surface area contributed by atoms with Gasteiger partial charge in [0.2, 0.25) is 0 Å². The molecule has 0 amide bonds. The highest BCUT2D eigenvalue weighted by molar-refractivity contribution is 5.20. The maximum absolute atomic E-state index is 8.28. The Hall–Kier alpha value is -0.800. The second-order valence-electron chi connectivity index (χ2n) is 5.29. The number of nitrogens with one attached hydrogen (secondary N) is 1. The number of unbranched alkanes of at least 4 members (excludes halogenated alkanes) is 6. The molecule has 0 saturated heterocycles. The molecule has 2 N–H and O–H groups in total. The molecule has 1 heterocycles. The van der Waals surface area contributed by atoms with E-state index >= 15 is 0 Å². The molecule has 0 bridgehead atoms. The van der Waals surface area contributed by atoms with Crippen LogP contribution in [-0.4, -0.2) is 16.8 Å². The molecule has 0 spiro atoms. The van der Waals surface area contributed by atoms with Gasteiger partial charge in [0.25, 0.3) is 0 Å². The molecule has 0 fully saturated rings. The lowest BCUT2D eigenvalue weighted by atomic mass is 10.0. The minimum Gasteiger partial charge on any atom is -0.365 e. The molecule has 3 nitrogen and oxygen atoms in total. The average molecular weight is 267 g/mol. The van der Waals surface area contributed by atoms with E-state index in [1.807, 2.05) is 6.20 Å². The summed E-state index contributed by atoms with van der Waals surface area (Å²) in [4.78, 5) is 7.43. The van der Waals surface area contributed by atoms with Crippen LogP contribution in [0.4, 0.5) is 0 Å². The Labute approximate surface area is 117 Å². The molecule has 0 atom stereocenters. The van der Waals surface area contributed by atoms with E-state index < -0.39 is 0 Å². The van der Waals surface area contributed by atoms with Gasteiger partial charge in [-0.15, -0.1) is 0 Å². The predicted octanol–water partition coefficient (Wildman–Crippen LogP) is 4.73. The van der Waals surface area contributed by atoms with Crippen LogP contribution in [0.25, 0.3) is 0 Å². The molecule has 1 aromatic rings. The van der Waals surface area contributed by atoms with Crippen LogP contribution in [-0.2, 0) is 17.7 Å². The van der Waals surface area contributed by atoms with Crippen molar-refractivity contribution < 1.29 is 10.1 Å². The lowest BCUT2D eigenvalue weighted by Gasteiger charge is -2.04. The van der Waals surface area contributed by atoms with Gasteiger partial charge in [0.05, 0.1) is 6.61 Å². The van der Waals surface area contributed by atoms with Crippen molar-refractivity contribution in [3.63, 3.8) is 0 Å². The predicted molar refractivity (Wildman–Crippen MR) is 79.4 cm³/mol. The van der Waals surface area contributed by atoms with Gasteiger partial charge in [0, 0.05) is 11.9 Å². The van der Waals surface area contributed by atoms with Crippen molar-refractivity contribution in [2.24, 2.45) is 0 Å². The molecule has 0 aliphatic rings. The second kappa shape index (κ2) is 11.1. The van der Waals surface area contributed by atoms with Crippen LogP contribution in [0.2, 0.25) is 0 Å². The molecule has 0 radical (unpaired) electrons. The summed E-state index contributed by atoms with van der Waals surface area (Å²) in [5.74, 6) is 0. The van der Waals surface area contributed by atoms with Crippen LogP contribution in [0.15, 0.2) is 12.3 Å². The van der Waals surface area contributed by atoms with Gasteiger partial charge in [0.15, 0.2) is 0 Å². The van der Waals surface area contributed by atoms with Crippen molar-refractivity contribution in [3.8, 4) is 0 Å². The molecule has 0 aliphatic heterocycles. The van der Waals surface area contributed by atoms with Crippen molar-refractivity contribution in [2.75, 3.05) is 6.61 Å². The van der Waals surface area contributed by atoms with E-state index in [0.29, 0.717) is 6.61 Å². The zero-order chi connectivity index (χ0) is 13.8. The number of aryl methyl sites for hydroxylation is 2. The summed E-state index contributed by atoms with van der Waals surface area (Å²) in [5, 5.41) is 8.28. The van der Waals surface area contributed by atoms with Crippen LogP contribution in [0.1, 0.15) is 69.5 Å². The minimum absolute atomic E-state index is 0.438. The third-order valence-electron chi connectivity index (χ3n) is 3.64. The monoisotopic (exact) mass is 267 g/mol.